The number of methoxy groups -OCH3 is 1. The van der Waals surface area contributed by atoms with E-state index in [1.54, 1.807) is 31.4 Å². The highest BCUT2D eigenvalue weighted by atomic mass is 16.5. The number of hydrogen-bond acceptors (Lipinski definition) is 10. The Morgan fingerprint density at radius 3 is 2.57 bits per heavy atom. The first-order chi connectivity index (χ1) is 22.6. The molecule has 2 aromatic rings. The first kappa shape index (κ1) is 35.6. The monoisotopic (exact) mass is 634 g/mol. The number of nitriles is 1. The summed E-state index contributed by atoms with van der Waals surface area (Å²) < 4.78 is 5.38. The number of nitrogens with zero attached hydrogens (tertiary/aromatic N) is 3. The van der Waals surface area contributed by atoms with Crippen molar-refractivity contribution >= 4 is 11.6 Å². The summed E-state index contributed by atoms with van der Waals surface area (Å²) >= 11 is 0. The molecule has 46 heavy (non-hydrogen) atoms. The van der Waals surface area contributed by atoms with E-state index in [0.29, 0.717) is 30.0 Å². The Morgan fingerprint density at radius 2 is 1.85 bits per heavy atom. The Kier molecular flexibility index (Phi) is 15.0. The summed E-state index contributed by atoms with van der Waals surface area (Å²) in [4.78, 5) is 17.9. The zero-order chi connectivity index (χ0) is 32.6. The normalized spacial score (nSPS) is 21.0. The maximum Gasteiger partial charge on any atom is 0.252 e. The Balaban J connectivity index is 1.23. The van der Waals surface area contributed by atoms with E-state index < -0.39 is 6.04 Å². The van der Waals surface area contributed by atoms with Gasteiger partial charge in [0.25, 0.3) is 5.91 Å². The van der Waals surface area contributed by atoms with Crippen LogP contribution in [-0.2, 0) is 0 Å². The molecule has 3 unspecified atom stereocenters. The van der Waals surface area contributed by atoms with Crippen LogP contribution in [0.5, 0.6) is 5.75 Å². The molecule has 0 bridgehead atoms. The first-order valence-corrected chi connectivity index (χ1v) is 17.1. The van der Waals surface area contributed by atoms with E-state index in [4.69, 9.17) is 4.74 Å². The maximum absolute atomic E-state index is 13.1. The lowest BCUT2D eigenvalue weighted by atomic mass is 10.1. The van der Waals surface area contributed by atoms with E-state index in [2.05, 4.69) is 49.6 Å². The summed E-state index contributed by atoms with van der Waals surface area (Å²) in [6, 6.07) is 16.0. The van der Waals surface area contributed by atoms with E-state index in [9.17, 15) is 15.2 Å². The lowest BCUT2D eigenvalue weighted by Crippen LogP contribution is -2.59. The Morgan fingerprint density at radius 1 is 1.07 bits per heavy atom. The molecule has 0 spiro atoms. The van der Waals surface area contributed by atoms with Crippen LogP contribution in [0.3, 0.4) is 0 Å². The largest absolute Gasteiger partial charge is 0.496 e. The van der Waals surface area contributed by atoms with Gasteiger partial charge in [-0.3, -0.25) is 19.9 Å². The van der Waals surface area contributed by atoms with Crippen LogP contribution in [0, 0.1) is 11.3 Å². The number of para-hydroxylation sites is 1. The average molecular weight is 635 g/mol. The molecular weight excluding hydrogens is 580 g/mol. The molecule has 2 saturated heterocycles. The van der Waals surface area contributed by atoms with Gasteiger partial charge in [-0.1, -0.05) is 76.1 Å². The molecule has 11 nitrogen and oxygen atoms in total. The van der Waals surface area contributed by atoms with Gasteiger partial charge >= 0.3 is 0 Å². The molecule has 4 atom stereocenters. The van der Waals surface area contributed by atoms with Crippen LogP contribution in [0.1, 0.15) is 86.7 Å². The number of hydrazine groups is 1. The second-order valence-corrected chi connectivity index (χ2v) is 12.3. The minimum Gasteiger partial charge on any atom is -0.496 e. The van der Waals surface area contributed by atoms with Gasteiger partial charge in [-0.05, 0) is 43.7 Å². The topological polar surface area (TPSA) is 137 Å². The van der Waals surface area contributed by atoms with Crippen LogP contribution in [0.15, 0.2) is 48.5 Å². The van der Waals surface area contributed by atoms with Gasteiger partial charge in [0.2, 0.25) is 0 Å². The summed E-state index contributed by atoms with van der Waals surface area (Å²) in [6.45, 7) is 6.53. The van der Waals surface area contributed by atoms with Gasteiger partial charge in [-0.2, -0.15) is 5.26 Å². The molecule has 0 radical (unpaired) electrons. The molecule has 252 valence electrons. The summed E-state index contributed by atoms with van der Waals surface area (Å²) in [5.41, 5.74) is 8.72. The van der Waals surface area contributed by atoms with Crippen molar-refractivity contribution < 1.29 is 14.6 Å². The van der Waals surface area contributed by atoms with Gasteiger partial charge in [0, 0.05) is 49.2 Å². The van der Waals surface area contributed by atoms with Crippen molar-refractivity contribution in [2.75, 3.05) is 51.9 Å². The Labute approximate surface area is 275 Å². The third kappa shape index (κ3) is 10.4. The van der Waals surface area contributed by atoms with Crippen molar-refractivity contribution in [1.82, 2.24) is 31.3 Å². The van der Waals surface area contributed by atoms with Crippen molar-refractivity contribution in [2.24, 2.45) is 0 Å². The van der Waals surface area contributed by atoms with Gasteiger partial charge in [-0.15, -0.1) is 0 Å². The molecule has 2 aromatic carbocycles. The fourth-order valence-corrected chi connectivity index (χ4v) is 6.41. The second kappa shape index (κ2) is 19.4. The lowest BCUT2D eigenvalue weighted by molar-refractivity contribution is 0.0863. The van der Waals surface area contributed by atoms with Crippen molar-refractivity contribution in [3.63, 3.8) is 0 Å². The molecule has 0 saturated carbocycles. The van der Waals surface area contributed by atoms with Gasteiger partial charge < -0.3 is 20.5 Å². The third-order valence-electron chi connectivity index (χ3n) is 9.03. The molecule has 2 aliphatic heterocycles. The standard InChI is InChI=1S/C35H54N8O3/c1-3-4-5-6-7-8-9-12-19-42-20-18-30(38-26-42)34-41-40-33(43(34)21-22-44)25-37-28-15-13-14-27(23-28)35(45)39-31(24-36)29-16-10-11-17-32(29)46-2/h10-11,13-17,23,30-31,33-34,37-38,40-41,44H,3-9,12,18-22,25-26H2,1-2H3,(H,39,45)/t30?,31-,33?,34?/m0/s1. The molecule has 6 N–H and O–H groups in total. The first-order valence-electron chi connectivity index (χ1n) is 17.1. The van der Waals surface area contributed by atoms with Crippen LogP contribution in [0.4, 0.5) is 5.69 Å². The quantitative estimate of drug-likeness (QED) is 0.126. The fourth-order valence-electron chi connectivity index (χ4n) is 6.41. The molecule has 2 fully saturated rings. The highest BCUT2D eigenvalue weighted by molar-refractivity contribution is 5.95. The number of β-amino-alcohol motifs (C(OH)–C–C–N with tert-alkyl or cyclic N) is 1. The zero-order valence-corrected chi connectivity index (χ0v) is 27.6. The van der Waals surface area contributed by atoms with Crippen LogP contribution in [0.2, 0.25) is 0 Å². The molecule has 1 amide bonds. The molecular formula is C35H54N8O3. The van der Waals surface area contributed by atoms with E-state index in [1.807, 2.05) is 24.3 Å². The highest BCUT2D eigenvalue weighted by Crippen LogP contribution is 2.25. The molecule has 2 aliphatic rings. The van der Waals surface area contributed by atoms with E-state index in [1.165, 1.54) is 51.4 Å². The minimum absolute atomic E-state index is 0.0548. The van der Waals surface area contributed by atoms with Gasteiger partial charge in [-0.25, -0.2) is 10.9 Å². The minimum atomic E-state index is -0.844. The van der Waals surface area contributed by atoms with Crippen molar-refractivity contribution in [2.45, 2.75) is 89.1 Å². The summed E-state index contributed by atoms with van der Waals surface area (Å²) in [7, 11) is 1.54. The molecule has 2 heterocycles. The number of aliphatic hydroxyl groups is 1. The lowest BCUT2D eigenvalue weighted by Gasteiger charge is -2.39. The number of benzene rings is 2. The van der Waals surface area contributed by atoms with Crippen LogP contribution < -0.4 is 31.5 Å². The average Bonchev–Trinajstić information content (AvgIpc) is 3.50. The second-order valence-electron chi connectivity index (χ2n) is 12.3. The number of hydrogen-bond donors (Lipinski definition) is 6. The summed E-state index contributed by atoms with van der Waals surface area (Å²) in [5, 5.41) is 29.6. The number of carbonyl (C=O) groups is 1. The highest BCUT2D eigenvalue weighted by Gasteiger charge is 2.38. The van der Waals surface area contributed by atoms with Crippen LogP contribution in [-0.4, -0.2) is 85.8 Å². The molecule has 11 heteroatoms. The number of aliphatic hydroxyl groups excluding tert-OH is 1. The number of amides is 1. The fraction of sp³-hybridized carbons (Fsp3) is 0.600. The number of ether oxygens (including phenoxy) is 1. The smallest absolute Gasteiger partial charge is 0.252 e. The van der Waals surface area contributed by atoms with E-state index in [0.717, 1.165) is 31.9 Å². The zero-order valence-electron chi connectivity index (χ0n) is 27.6. The number of carbonyl (C=O) groups excluding carboxylic acids is 1. The number of nitrogens with one attached hydrogen (secondary N) is 5. The summed E-state index contributed by atoms with van der Waals surface area (Å²) in [6.07, 6.45) is 11.8. The predicted molar refractivity (Wildman–Crippen MR) is 182 cm³/mol. The van der Waals surface area contributed by atoms with Crippen LogP contribution >= 0.6 is 0 Å². The number of rotatable bonds is 19. The molecule has 0 aliphatic carbocycles. The predicted octanol–water partition coefficient (Wildman–Crippen LogP) is 3.92. The van der Waals surface area contributed by atoms with Crippen molar-refractivity contribution in [3.05, 3.63) is 59.7 Å². The van der Waals surface area contributed by atoms with Gasteiger partial charge in [0.1, 0.15) is 11.8 Å². The van der Waals surface area contributed by atoms with E-state index >= 15 is 0 Å². The van der Waals surface area contributed by atoms with Gasteiger partial charge in [0.05, 0.1) is 32.1 Å². The summed E-state index contributed by atoms with van der Waals surface area (Å²) in [5.74, 6) is 0.205. The molecule has 4 rings (SSSR count). The third-order valence-corrected chi connectivity index (χ3v) is 9.03. The maximum atomic E-state index is 13.1. The van der Waals surface area contributed by atoms with E-state index in [-0.39, 0.29) is 30.9 Å². The van der Waals surface area contributed by atoms with Crippen LogP contribution in [0.25, 0.3) is 0 Å². The van der Waals surface area contributed by atoms with Crippen molar-refractivity contribution in [1.29, 1.82) is 5.26 Å². The molecule has 0 aromatic heterocycles. The van der Waals surface area contributed by atoms with Crippen molar-refractivity contribution in [3.8, 4) is 11.8 Å². The SMILES string of the molecule is CCCCCCCCCCN1CCC(C2NNC(CNc3cccc(C(=O)N[C@@H](C#N)c4ccccc4OC)c3)N2CCO)NC1. The Hall–Kier alpha value is -3.24. The van der Waals surface area contributed by atoms with Gasteiger partial charge in [0.15, 0.2) is 0 Å². The number of anilines is 1. The number of unbranched alkanes of at least 4 members (excludes halogenated alkanes) is 7. The Bertz CT molecular complexity index is 1230.